The lowest BCUT2D eigenvalue weighted by Crippen LogP contribution is -2.35. The molecule has 0 radical (unpaired) electrons. The fraction of sp³-hybridized carbons (Fsp3) is 0.600. The molecule has 18 heavy (non-hydrogen) atoms. The molecule has 1 atom stereocenters. The highest BCUT2D eigenvalue weighted by Gasteiger charge is 2.42. The molecule has 2 heterocycles. The van der Waals surface area contributed by atoms with Crippen molar-refractivity contribution in [1.29, 1.82) is 0 Å². The minimum absolute atomic E-state index is 0. The molecule has 0 aromatic carbocycles. The molecule has 5 nitrogen and oxygen atoms in total. The lowest BCUT2D eigenvalue weighted by Gasteiger charge is -2.10. The van der Waals surface area contributed by atoms with Gasteiger partial charge in [-0.25, -0.2) is 8.78 Å². The van der Waals surface area contributed by atoms with Crippen molar-refractivity contribution < 1.29 is 13.6 Å². The van der Waals surface area contributed by atoms with Crippen molar-refractivity contribution in [2.24, 2.45) is 7.05 Å². The van der Waals surface area contributed by atoms with Gasteiger partial charge in [0.05, 0.1) is 18.3 Å². The molecular weight excluding hydrogens is 266 g/mol. The normalized spacial score (nSPS) is 21.4. The van der Waals surface area contributed by atoms with Crippen LogP contribution in [0.15, 0.2) is 6.07 Å². The zero-order valence-corrected chi connectivity index (χ0v) is 10.9. The first-order chi connectivity index (χ1) is 7.87. The molecule has 8 heteroatoms. The summed E-state index contributed by atoms with van der Waals surface area (Å²) in [6.07, 6.45) is -0.463. The SMILES string of the molecule is Cc1cc(NC(=O)C2CC(F)(F)CN2)n(C)n1.Cl. The smallest absolute Gasteiger partial charge is 0.262 e. The van der Waals surface area contributed by atoms with Gasteiger partial charge >= 0.3 is 0 Å². The highest BCUT2D eigenvalue weighted by molar-refractivity contribution is 5.94. The van der Waals surface area contributed by atoms with Gasteiger partial charge in [-0.3, -0.25) is 14.8 Å². The molecule has 1 fully saturated rings. The Labute approximate surface area is 109 Å². The standard InChI is InChI=1S/C10H14F2N4O.ClH/c1-6-3-8(16(2)15-6)14-9(17)7-4-10(11,12)5-13-7;/h3,7,13H,4-5H2,1-2H3,(H,14,17);1H. The molecule has 0 saturated carbocycles. The number of alkyl halides is 2. The fourth-order valence-electron chi connectivity index (χ4n) is 1.84. The maximum atomic E-state index is 12.9. The molecule has 1 aromatic rings. The summed E-state index contributed by atoms with van der Waals surface area (Å²) < 4.78 is 27.3. The van der Waals surface area contributed by atoms with Gasteiger partial charge in [0, 0.05) is 19.5 Å². The molecule has 1 aromatic heterocycles. The second kappa shape index (κ2) is 5.19. The number of carbonyl (C=O) groups is 1. The average molecular weight is 281 g/mol. The Hall–Kier alpha value is -1.21. The second-order valence-electron chi connectivity index (χ2n) is 4.28. The topological polar surface area (TPSA) is 59.0 Å². The van der Waals surface area contributed by atoms with Crippen LogP contribution in [0.5, 0.6) is 0 Å². The van der Waals surface area contributed by atoms with Gasteiger partial charge in [-0.05, 0) is 6.92 Å². The Bertz CT molecular complexity index is 449. The third-order valence-corrected chi connectivity index (χ3v) is 2.68. The van der Waals surface area contributed by atoms with Gasteiger partial charge in [-0.2, -0.15) is 5.10 Å². The first-order valence-electron chi connectivity index (χ1n) is 5.30. The summed E-state index contributed by atoms with van der Waals surface area (Å²) >= 11 is 0. The summed E-state index contributed by atoms with van der Waals surface area (Å²) in [6.45, 7) is 1.34. The molecule has 1 aliphatic heterocycles. The summed E-state index contributed by atoms with van der Waals surface area (Å²) in [5.74, 6) is -2.75. The van der Waals surface area contributed by atoms with E-state index in [0.29, 0.717) is 5.82 Å². The molecule has 102 valence electrons. The Morgan fingerprint density at radius 2 is 2.33 bits per heavy atom. The maximum Gasteiger partial charge on any atom is 0.262 e. The van der Waals surface area contributed by atoms with E-state index >= 15 is 0 Å². The van der Waals surface area contributed by atoms with Crippen LogP contribution in [0.2, 0.25) is 0 Å². The van der Waals surface area contributed by atoms with Gasteiger partial charge in [0.25, 0.3) is 5.92 Å². The quantitative estimate of drug-likeness (QED) is 0.852. The Kier molecular flexibility index (Phi) is 4.28. The number of halogens is 3. The van der Waals surface area contributed by atoms with Crippen LogP contribution >= 0.6 is 12.4 Å². The van der Waals surface area contributed by atoms with Crippen LogP contribution in [0.1, 0.15) is 12.1 Å². The van der Waals surface area contributed by atoms with E-state index in [1.807, 2.05) is 0 Å². The predicted octanol–water partition coefficient (Wildman–Crippen LogP) is 1.09. The molecule has 0 spiro atoms. The summed E-state index contributed by atoms with van der Waals surface area (Å²) in [7, 11) is 1.68. The number of aromatic nitrogens is 2. The van der Waals surface area contributed by atoms with E-state index in [2.05, 4.69) is 15.7 Å². The predicted molar refractivity (Wildman–Crippen MR) is 65.2 cm³/mol. The molecule has 0 bridgehead atoms. The number of rotatable bonds is 2. The summed E-state index contributed by atoms with van der Waals surface area (Å²) in [6, 6.07) is 0.838. The van der Waals surface area contributed by atoms with Gasteiger partial charge in [-0.15, -0.1) is 12.4 Å². The Morgan fingerprint density at radius 1 is 1.67 bits per heavy atom. The average Bonchev–Trinajstić information content (AvgIpc) is 2.70. The zero-order valence-electron chi connectivity index (χ0n) is 10.0. The van der Waals surface area contributed by atoms with E-state index < -0.39 is 30.8 Å². The largest absolute Gasteiger partial charge is 0.310 e. The van der Waals surface area contributed by atoms with Crippen LogP contribution < -0.4 is 10.6 Å². The summed E-state index contributed by atoms with van der Waals surface area (Å²) in [5.41, 5.74) is 0.757. The molecule has 1 saturated heterocycles. The summed E-state index contributed by atoms with van der Waals surface area (Å²) in [5, 5.41) is 9.13. The molecule has 0 aliphatic carbocycles. The number of aryl methyl sites for hydroxylation is 2. The van der Waals surface area contributed by atoms with Crippen molar-refractivity contribution in [1.82, 2.24) is 15.1 Å². The van der Waals surface area contributed by atoms with Crippen LogP contribution in [0.4, 0.5) is 14.6 Å². The summed E-state index contributed by atoms with van der Waals surface area (Å²) in [4.78, 5) is 11.7. The van der Waals surface area contributed by atoms with E-state index in [0.717, 1.165) is 5.69 Å². The monoisotopic (exact) mass is 280 g/mol. The number of anilines is 1. The molecule has 1 aliphatic rings. The van der Waals surface area contributed by atoms with Crippen molar-refractivity contribution >= 4 is 24.1 Å². The number of amides is 1. The maximum absolute atomic E-state index is 12.9. The van der Waals surface area contributed by atoms with Crippen molar-refractivity contribution in [3.63, 3.8) is 0 Å². The number of nitrogens with one attached hydrogen (secondary N) is 2. The van der Waals surface area contributed by atoms with Crippen LogP contribution in [0.25, 0.3) is 0 Å². The molecular formula is C10H15ClF2N4O. The van der Waals surface area contributed by atoms with Crippen LogP contribution in [-0.4, -0.2) is 34.2 Å². The van der Waals surface area contributed by atoms with Crippen LogP contribution in [0.3, 0.4) is 0 Å². The highest BCUT2D eigenvalue weighted by Crippen LogP contribution is 2.25. The number of hydrogen-bond acceptors (Lipinski definition) is 3. The molecule has 2 N–H and O–H groups in total. The van der Waals surface area contributed by atoms with E-state index in [1.54, 1.807) is 20.0 Å². The van der Waals surface area contributed by atoms with Crippen LogP contribution in [0, 0.1) is 6.92 Å². The lowest BCUT2D eigenvalue weighted by atomic mass is 10.2. The Balaban J connectivity index is 0.00000162. The van der Waals surface area contributed by atoms with Gasteiger partial charge in [-0.1, -0.05) is 0 Å². The molecule has 2 rings (SSSR count). The lowest BCUT2D eigenvalue weighted by molar-refractivity contribution is -0.118. The van der Waals surface area contributed by atoms with Gasteiger partial charge in [0.1, 0.15) is 5.82 Å². The third kappa shape index (κ3) is 3.17. The minimum atomic E-state index is -2.80. The number of hydrogen-bond donors (Lipinski definition) is 2. The van der Waals surface area contributed by atoms with E-state index in [1.165, 1.54) is 4.68 Å². The van der Waals surface area contributed by atoms with Gasteiger partial charge in [0.15, 0.2) is 0 Å². The van der Waals surface area contributed by atoms with Gasteiger partial charge in [0.2, 0.25) is 5.91 Å². The fourth-order valence-corrected chi connectivity index (χ4v) is 1.84. The van der Waals surface area contributed by atoms with E-state index in [4.69, 9.17) is 0 Å². The van der Waals surface area contributed by atoms with Gasteiger partial charge < -0.3 is 5.32 Å². The van der Waals surface area contributed by atoms with E-state index in [-0.39, 0.29) is 12.4 Å². The molecule has 1 amide bonds. The zero-order chi connectivity index (χ0) is 12.6. The number of carbonyl (C=O) groups excluding carboxylic acids is 1. The van der Waals surface area contributed by atoms with Crippen molar-refractivity contribution in [3.05, 3.63) is 11.8 Å². The Morgan fingerprint density at radius 3 is 2.78 bits per heavy atom. The van der Waals surface area contributed by atoms with Crippen molar-refractivity contribution in [2.45, 2.75) is 25.3 Å². The third-order valence-electron chi connectivity index (χ3n) is 2.68. The first-order valence-corrected chi connectivity index (χ1v) is 5.30. The van der Waals surface area contributed by atoms with E-state index in [9.17, 15) is 13.6 Å². The first kappa shape index (κ1) is 14.8. The second-order valence-corrected chi connectivity index (χ2v) is 4.28. The highest BCUT2D eigenvalue weighted by atomic mass is 35.5. The number of nitrogens with zero attached hydrogens (tertiary/aromatic N) is 2. The van der Waals surface area contributed by atoms with Crippen LogP contribution in [-0.2, 0) is 11.8 Å². The minimum Gasteiger partial charge on any atom is -0.310 e. The molecule has 1 unspecified atom stereocenters. The van der Waals surface area contributed by atoms with Crippen molar-refractivity contribution in [2.75, 3.05) is 11.9 Å². The van der Waals surface area contributed by atoms with Crippen molar-refractivity contribution in [3.8, 4) is 0 Å².